The van der Waals surface area contributed by atoms with Crippen molar-refractivity contribution in [3.8, 4) is 0 Å². The van der Waals surface area contributed by atoms with Crippen molar-refractivity contribution < 1.29 is 19.5 Å². The van der Waals surface area contributed by atoms with Crippen molar-refractivity contribution in [2.24, 2.45) is 17.6 Å². The van der Waals surface area contributed by atoms with Gasteiger partial charge in [0.1, 0.15) is 6.04 Å². The number of aliphatic hydroxyl groups is 1. The first-order valence-corrected chi connectivity index (χ1v) is 12.0. The van der Waals surface area contributed by atoms with Gasteiger partial charge in [-0.3, -0.25) is 14.4 Å². The first-order chi connectivity index (χ1) is 14.8. The molecule has 0 saturated carbocycles. The highest BCUT2D eigenvalue weighted by atomic mass is 16.3. The maximum absolute atomic E-state index is 12.8. The lowest BCUT2D eigenvalue weighted by Gasteiger charge is -2.31. The molecule has 1 aliphatic heterocycles. The molecular weight excluding hydrogens is 396 g/mol. The first-order valence-electron chi connectivity index (χ1n) is 12.0. The third kappa shape index (κ3) is 10.6. The van der Waals surface area contributed by atoms with E-state index in [9.17, 15) is 19.5 Å². The number of nitrogens with one attached hydrogen (secondary N) is 3. The topological polar surface area (TPSA) is 134 Å². The van der Waals surface area contributed by atoms with Gasteiger partial charge in [0, 0.05) is 6.54 Å². The molecule has 1 heterocycles. The predicted molar refractivity (Wildman–Crippen MR) is 122 cm³/mol. The van der Waals surface area contributed by atoms with Crippen LogP contribution in [0, 0.1) is 11.8 Å². The van der Waals surface area contributed by atoms with Crippen molar-refractivity contribution in [3.63, 3.8) is 0 Å². The molecule has 31 heavy (non-hydrogen) atoms. The van der Waals surface area contributed by atoms with Crippen molar-refractivity contribution >= 4 is 17.6 Å². The van der Waals surface area contributed by atoms with Gasteiger partial charge >= 0.3 is 0 Å². The SMILES string of the molecule is CCCCCCCC[C@H]1CNC[C@@H](C(=O)N[C@H](C(=O)N[C@@H](CCN)C(C)=O)[C@H](C)O)C1. The third-order valence-electron chi connectivity index (χ3n) is 6.10. The van der Waals surface area contributed by atoms with Gasteiger partial charge in [-0.25, -0.2) is 0 Å². The molecule has 1 saturated heterocycles. The van der Waals surface area contributed by atoms with E-state index < -0.39 is 24.1 Å². The van der Waals surface area contributed by atoms with Crippen LogP contribution >= 0.6 is 0 Å². The van der Waals surface area contributed by atoms with E-state index in [-0.39, 0.29) is 24.2 Å². The molecule has 6 N–H and O–H groups in total. The number of carbonyl (C=O) groups is 3. The van der Waals surface area contributed by atoms with Crippen LogP contribution in [0.15, 0.2) is 0 Å². The van der Waals surface area contributed by atoms with Crippen LogP contribution in [-0.4, -0.2) is 60.5 Å². The minimum atomic E-state index is -1.11. The Morgan fingerprint density at radius 3 is 2.39 bits per heavy atom. The van der Waals surface area contributed by atoms with Crippen LogP contribution in [-0.2, 0) is 14.4 Å². The summed E-state index contributed by atoms with van der Waals surface area (Å²) in [5.41, 5.74) is 5.51. The summed E-state index contributed by atoms with van der Waals surface area (Å²) in [5.74, 6) is -0.797. The van der Waals surface area contributed by atoms with Crippen molar-refractivity contribution in [1.29, 1.82) is 0 Å². The molecule has 0 spiro atoms. The fraction of sp³-hybridized carbons (Fsp3) is 0.870. The number of nitrogens with two attached hydrogens (primary N) is 1. The molecular formula is C23H44N4O4. The number of unbranched alkanes of at least 4 members (excludes halogenated alkanes) is 5. The molecule has 1 rings (SSSR count). The predicted octanol–water partition coefficient (Wildman–Crippen LogP) is 1.25. The summed E-state index contributed by atoms with van der Waals surface area (Å²) in [5, 5.41) is 18.7. The quantitative estimate of drug-likeness (QED) is 0.243. The number of amides is 2. The second kappa shape index (κ2) is 15.3. The van der Waals surface area contributed by atoms with E-state index in [0.29, 0.717) is 18.9 Å². The number of rotatable bonds is 15. The number of aliphatic hydroxyl groups excluding tert-OH is 1. The molecule has 0 aromatic heterocycles. The highest BCUT2D eigenvalue weighted by Gasteiger charge is 2.33. The Labute approximate surface area is 187 Å². The lowest BCUT2D eigenvalue weighted by molar-refractivity contribution is -0.135. The van der Waals surface area contributed by atoms with Gasteiger partial charge < -0.3 is 26.8 Å². The molecule has 5 atom stereocenters. The Morgan fingerprint density at radius 2 is 1.77 bits per heavy atom. The number of ketones is 1. The van der Waals surface area contributed by atoms with Gasteiger partial charge in [0.2, 0.25) is 11.8 Å². The van der Waals surface area contributed by atoms with Crippen molar-refractivity contribution in [1.82, 2.24) is 16.0 Å². The molecule has 8 heteroatoms. The van der Waals surface area contributed by atoms with Gasteiger partial charge in [0.15, 0.2) is 5.78 Å². The second-order valence-corrected chi connectivity index (χ2v) is 8.99. The van der Waals surface area contributed by atoms with Crippen LogP contribution in [0.25, 0.3) is 0 Å². The first kappa shape index (κ1) is 27.5. The molecule has 180 valence electrons. The van der Waals surface area contributed by atoms with Gasteiger partial charge in [-0.2, -0.15) is 0 Å². The zero-order valence-electron chi connectivity index (χ0n) is 19.6. The lowest BCUT2D eigenvalue weighted by Crippen LogP contribution is -2.57. The molecule has 2 amide bonds. The van der Waals surface area contributed by atoms with E-state index in [2.05, 4.69) is 22.9 Å². The van der Waals surface area contributed by atoms with E-state index in [0.717, 1.165) is 19.4 Å². The molecule has 8 nitrogen and oxygen atoms in total. The summed E-state index contributed by atoms with van der Waals surface area (Å²) in [4.78, 5) is 37.1. The van der Waals surface area contributed by atoms with E-state index in [1.807, 2.05) is 0 Å². The van der Waals surface area contributed by atoms with Crippen LogP contribution in [0.1, 0.15) is 78.6 Å². The van der Waals surface area contributed by atoms with E-state index in [1.165, 1.54) is 52.4 Å². The minimum absolute atomic E-state index is 0.205. The van der Waals surface area contributed by atoms with E-state index >= 15 is 0 Å². The molecule has 1 fully saturated rings. The fourth-order valence-corrected chi connectivity index (χ4v) is 4.15. The van der Waals surface area contributed by atoms with E-state index in [4.69, 9.17) is 5.73 Å². The Hall–Kier alpha value is -1.51. The standard InChI is InChI=1S/C23H44N4O4/c1-4-5-6-7-8-9-10-18-13-19(15-25-14-18)22(30)27-21(17(3)29)23(31)26-20(11-12-24)16(2)28/h17-21,25,29H,4-15,24H2,1-3H3,(H,26,31)(H,27,30)/t17-,18+,19-,20-,21-/m0/s1. The van der Waals surface area contributed by atoms with Gasteiger partial charge in [0.05, 0.1) is 18.1 Å². The summed E-state index contributed by atoms with van der Waals surface area (Å²) in [6, 6.07) is -1.82. The zero-order chi connectivity index (χ0) is 23.2. The molecule has 0 aromatic rings. The largest absolute Gasteiger partial charge is 0.391 e. The van der Waals surface area contributed by atoms with Gasteiger partial charge in [-0.05, 0) is 52.1 Å². The molecule has 0 bridgehead atoms. The lowest BCUT2D eigenvalue weighted by atomic mass is 9.86. The smallest absolute Gasteiger partial charge is 0.245 e. The van der Waals surface area contributed by atoms with Crippen molar-refractivity contribution in [2.75, 3.05) is 19.6 Å². The van der Waals surface area contributed by atoms with Gasteiger partial charge in [0.25, 0.3) is 0 Å². The number of hydrogen-bond acceptors (Lipinski definition) is 6. The molecule has 1 aliphatic rings. The molecule has 0 unspecified atom stereocenters. The fourth-order valence-electron chi connectivity index (χ4n) is 4.15. The van der Waals surface area contributed by atoms with Crippen molar-refractivity contribution in [2.45, 2.75) is 96.7 Å². The van der Waals surface area contributed by atoms with Gasteiger partial charge in [-0.1, -0.05) is 45.4 Å². The number of Topliss-reactive ketones (excluding diaryl/α,β-unsaturated/α-hetero) is 1. The number of hydrogen-bond donors (Lipinski definition) is 5. The monoisotopic (exact) mass is 440 g/mol. The summed E-state index contributed by atoms with van der Waals surface area (Å²) in [7, 11) is 0. The van der Waals surface area contributed by atoms with Crippen molar-refractivity contribution in [3.05, 3.63) is 0 Å². The Kier molecular flexibility index (Phi) is 13.6. The third-order valence-corrected chi connectivity index (χ3v) is 6.10. The summed E-state index contributed by atoms with van der Waals surface area (Å²) >= 11 is 0. The average molecular weight is 441 g/mol. The number of carbonyl (C=O) groups excluding carboxylic acids is 3. The summed E-state index contributed by atoms with van der Waals surface area (Å²) < 4.78 is 0. The maximum Gasteiger partial charge on any atom is 0.245 e. The van der Waals surface area contributed by atoms with Crippen LogP contribution in [0.5, 0.6) is 0 Å². The summed E-state index contributed by atoms with van der Waals surface area (Å²) in [6.45, 7) is 6.79. The average Bonchev–Trinajstić information content (AvgIpc) is 2.73. The Morgan fingerprint density at radius 1 is 1.10 bits per heavy atom. The van der Waals surface area contributed by atoms with Gasteiger partial charge in [-0.15, -0.1) is 0 Å². The Balaban J connectivity index is 2.54. The van der Waals surface area contributed by atoms with Crippen LogP contribution in [0.2, 0.25) is 0 Å². The molecule has 0 aliphatic carbocycles. The van der Waals surface area contributed by atoms with Crippen LogP contribution in [0.3, 0.4) is 0 Å². The summed E-state index contributed by atoms with van der Waals surface area (Å²) in [6.07, 6.45) is 8.64. The minimum Gasteiger partial charge on any atom is -0.391 e. The van der Waals surface area contributed by atoms with Crippen LogP contribution in [0.4, 0.5) is 0 Å². The van der Waals surface area contributed by atoms with Crippen LogP contribution < -0.4 is 21.7 Å². The molecule has 0 aromatic carbocycles. The molecule has 0 radical (unpaired) electrons. The number of piperidine rings is 1. The highest BCUT2D eigenvalue weighted by molar-refractivity contribution is 5.92. The van der Waals surface area contributed by atoms with E-state index in [1.54, 1.807) is 0 Å². The normalized spacial score (nSPS) is 21.7. The Bertz CT molecular complexity index is 556. The highest BCUT2D eigenvalue weighted by Crippen LogP contribution is 2.22. The second-order valence-electron chi connectivity index (χ2n) is 8.99. The maximum atomic E-state index is 12.8. The zero-order valence-corrected chi connectivity index (χ0v) is 19.6.